The maximum atomic E-state index is 13.4. The van der Waals surface area contributed by atoms with Crippen LogP contribution in [0.3, 0.4) is 0 Å². The molecule has 160 valence electrons. The normalized spacial score (nSPS) is 28.5. The van der Waals surface area contributed by atoms with E-state index in [4.69, 9.17) is 0 Å². The molecule has 1 aromatic carbocycles. The van der Waals surface area contributed by atoms with Crippen LogP contribution in [0.1, 0.15) is 42.7 Å². The van der Waals surface area contributed by atoms with E-state index < -0.39 is 27.3 Å². The number of nitrogens with one attached hydrogen (secondary N) is 1. The molecule has 4 rings (SSSR count). The summed E-state index contributed by atoms with van der Waals surface area (Å²) in [6, 6.07) is 11.2. The van der Waals surface area contributed by atoms with Crippen LogP contribution >= 0.6 is 11.3 Å². The molecule has 3 heterocycles. The molecule has 3 atom stereocenters. The summed E-state index contributed by atoms with van der Waals surface area (Å²) in [4.78, 5) is 29.0. The minimum Gasteiger partial charge on any atom is -0.350 e. The van der Waals surface area contributed by atoms with E-state index in [2.05, 4.69) is 5.32 Å². The molecular weight excluding hydrogens is 420 g/mol. The first-order chi connectivity index (χ1) is 14.2. The van der Waals surface area contributed by atoms with Crippen molar-refractivity contribution in [2.45, 2.75) is 44.7 Å². The van der Waals surface area contributed by atoms with E-state index in [9.17, 15) is 18.0 Å². The Bertz CT molecular complexity index is 1050. The van der Waals surface area contributed by atoms with Gasteiger partial charge in [0.2, 0.25) is 11.8 Å². The number of carbonyl (C=O) groups is 2. The standard InChI is InChI=1S/C22H26N2O4S2/c1-15-5-7-16(8-6-15)24-19(25)10-9-17(20(24)18-4-3-12-29-18)21(26)23-22(2)11-13-30(27,28)14-22/h3-8,12,17,20H,9-11,13-14H2,1-2H3,(H,23,26)/t17-,20+,22-/m0/s1. The highest BCUT2D eigenvalue weighted by molar-refractivity contribution is 7.91. The molecule has 6 nitrogen and oxygen atoms in total. The summed E-state index contributed by atoms with van der Waals surface area (Å²) in [6.07, 6.45) is 1.14. The van der Waals surface area contributed by atoms with Crippen molar-refractivity contribution < 1.29 is 18.0 Å². The van der Waals surface area contributed by atoms with E-state index in [1.165, 1.54) is 11.3 Å². The molecule has 2 saturated heterocycles. The molecule has 0 bridgehead atoms. The van der Waals surface area contributed by atoms with Gasteiger partial charge in [0.1, 0.15) is 0 Å². The molecule has 0 unspecified atom stereocenters. The summed E-state index contributed by atoms with van der Waals surface area (Å²) in [7, 11) is -3.13. The highest BCUT2D eigenvalue weighted by Gasteiger charge is 2.45. The number of anilines is 1. The van der Waals surface area contributed by atoms with Crippen molar-refractivity contribution in [1.82, 2.24) is 5.32 Å². The van der Waals surface area contributed by atoms with Crippen molar-refractivity contribution >= 4 is 38.7 Å². The van der Waals surface area contributed by atoms with Crippen molar-refractivity contribution in [1.29, 1.82) is 0 Å². The Morgan fingerprint density at radius 1 is 1.23 bits per heavy atom. The highest BCUT2D eigenvalue weighted by Crippen LogP contribution is 2.42. The second-order valence-corrected chi connectivity index (χ2v) is 11.8. The first-order valence-electron chi connectivity index (χ1n) is 10.1. The van der Waals surface area contributed by atoms with Crippen LogP contribution in [0.4, 0.5) is 5.69 Å². The molecule has 2 aromatic rings. The molecule has 2 amide bonds. The number of amides is 2. The summed E-state index contributed by atoms with van der Waals surface area (Å²) in [5.74, 6) is -0.573. The molecule has 0 aliphatic carbocycles. The van der Waals surface area contributed by atoms with Gasteiger partial charge in [-0.15, -0.1) is 11.3 Å². The zero-order valence-corrected chi connectivity index (χ0v) is 18.8. The maximum Gasteiger partial charge on any atom is 0.227 e. The van der Waals surface area contributed by atoms with Crippen LogP contribution in [-0.4, -0.2) is 37.3 Å². The van der Waals surface area contributed by atoms with Gasteiger partial charge in [-0.25, -0.2) is 8.42 Å². The lowest BCUT2D eigenvalue weighted by Crippen LogP contribution is -2.54. The molecule has 30 heavy (non-hydrogen) atoms. The Kier molecular flexibility index (Phi) is 5.48. The number of benzene rings is 1. The van der Waals surface area contributed by atoms with Crippen molar-refractivity contribution in [2.24, 2.45) is 5.92 Å². The third kappa shape index (κ3) is 4.16. The van der Waals surface area contributed by atoms with E-state index in [-0.39, 0.29) is 29.7 Å². The predicted molar refractivity (Wildman–Crippen MR) is 118 cm³/mol. The van der Waals surface area contributed by atoms with E-state index in [0.717, 1.165) is 16.1 Å². The third-order valence-corrected chi connectivity index (χ3v) is 8.86. The Labute approximate surface area is 181 Å². The lowest BCUT2D eigenvalue weighted by Gasteiger charge is -2.41. The number of sulfone groups is 1. The Hall–Kier alpha value is -2.19. The number of nitrogens with zero attached hydrogens (tertiary/aromatic N) is 1. The molecule has 0 radical (unpaired) electrons. The average Bonchev–Trinajstić information content (AvgIpc) is 3.30. The first kappa shape index (κ1) is 21.1. The molecule has 2 aliphatic heterocycles. The Morgan fingerprint density at radius 2 is 1.97 bits per heavy atom. The van der Waals surface area contributed by atoms with E-state index in [1.54, 1.807) is 11.8 Å². The van der Waals surface area contributed by atoms with Gasteiger partial charge >= 0.3 is 0 Å². The second-order valence-electron chi connectivity index (χ2n) is 8.60. The topological polar surface area (TPSA) is 83.6 Å². The lowest BCUT2D eigenvalue weighted by molar-refractivity contribution is -0.130. The molecule has 0 spiro atoms. The SMILES string of the molecule is Cc1ccc(N2C(=O)CC[C@H](C(=O)N[C@@]3(C)CCS(=O)(=O)C3)[C@@H]2c2cccs2)cc1. The van der Waals surface area contributed by atoms with Crippen molar-refractivity contribution in [3.63, 3.8) is 0 Å². The molecule has 2 aliphatic rings. The van der Waals surface area contributed by atoms with E-state index >= 15 is 0 Å². The minimum atomic E-state index is -3.13. The van der Waals surface area contributed by atoms with Gasteiger partial charge in [0.15, 0.2) is 9.84 Å². The summed E-state index contributed by atoms with van der Waals surface area (Å²) in [5, 5.41) is 4.96. The van der Waals surface area contributed by atoms with Crippen LogP contribution in [0.2, 0.25) is 0 Å². The number of hydrogen-bond acceptors (Lipinski definition) is 5. The van der Waals surface area contributed by atoms with Crippen LogP contribution < -0.4 is 10.2 Å². The first-order valence-corrected chi connectivity index (χ1v) is 12.8. The van der Waals surface area contributed by atoms with Crippen LogP contribution in [0.15, 0.2) is 41.8 Å². The van der Waals surface area contributed by atoms with Gasteiger partial charge in [-0.1, -0.05) is 23.8 Å². The summed E-state index contributed by atoms with van der Waals surface area (Å²) < 4.78 is 23.9. The van der Waals surface area contributed by atoms with Crippen molar-refractivity contribution in [2.75, 3.05) is 16.4 Å². The Morgan fingerprint density at radius 3 is 2.57 bits per heavy atom. The molecule has 1 aromatic heterocycles. The fourth-order valence-electron chi connectivity index (χ4n) is 4.46. The molecule has 2 fully saturated rings. The molecule has 8 heteroatoms. The van der Waals surface area contributed by atoms with Gasteiger partial charge in [0, 0.05) is 17.0 Å². The van der Waals surface area contributed by atoms with Crippen molar-refractivity contribution in [3.05, 3.63) is 52.2 Å². The number of aryl methyl sites for hydroxylation is 1. The zero-order valence-electron chi connectivity index (χ0n) is 17.1. The summed E-state index contributed by atoms with van der Waals surface area (Å²) in [5.41, 5.74) is 1.11. The van der Waals surface area contributed by atoms with Crippen LogP contribution in [0, 0.1) is 12.8 Å². The van der Waals surface area contributed by atoms with Crippen LogP contribution in [0.5, 0.6) is 0 Å². The Balaban J connectivity index is 1.67. The summed E-state index contributed by atoms with van der Waals surface area (Å²) >= 11 is 1.53. The van der Waals surface area contributed by atoms with Gasteiger partial charge in [-0.2, -0.15) is 0 Å². The monoisotopic (exact) mass is 446 g/mol. The highest BCUT2D eigenvalue weighted by atomic mass is 32.2. The predicted octanol–water partition coefficient (Wildman–Crippen LogP) is 3.23. The van der Waals surface area contributed by atoms with E-state index in [1.807, 2.05) is 48.7 Å². The quantitative estimate of drug-likeness (QED) is 0.782. The average molecular weight is 447 g/mol. The molecular formula is C22H26N2O4S2. The van der Waals surface area contributed by atoms with Gasteiger partial charge in [-0.3, -0.25) is 9.59 Å². The lowest BCUT2D eigenvalue weighted by atomic mass is 9.85. The van der Waals surface area contributed by atoms with Gasteiger partial charge < -0.3 is 10.2 Å². The number of hydrogen-bond donors (Lipinski definition) is 1. The largest absolute Gasteiger partial charge is 0.350 e. The zero-order chi connectivity index (χ0) is 21.5. The molecule has 1 N–H and O–H groups in total. The third-order valence-electron chi connectivity index (χ3n) is 6.01. The van der Waals surface area contributed by atoms with Gasteiger partial charge in [0.25, 0.3) is 0 Å². The molecule has 0 saturated carbocycles. The number of rotatable bonds is 4. The van der Waals surface area contributed by atoms with Gasteiger partial charge in [-0.05, 0) is 50.3 Å². The smallest absolute Gasteiger partial charge is 0.227 e. The fraction of sp³-hybridized carbons (Fsp3) is 0.455. The minimum absolute atomic E-state index is 0.00374. The fourth-order valence-corrected chi connectivity index (χ4v) is 7.43. The number of carbonyl (C=O) groups excluding carboxylic acids is 2. The van der Waals surface area contributed by atoms with E-state index in [0.29, 0.717) is 12.8 Å². The van der Waals surface area contributed by atoms with Crippen LogP contribution in [0.25, 0.3) is 0 Å². The van der Waals surface area contributed by atoms with Crippen molar-refractivity contribution in [3.8, 4) is 0 Å². The maximum absolute atomic E-state index is 13.4. The summed E-state index contributed by atoms with van der Waals surface area (Å²) in [6.45, 7) is 3.78. The number of piperidine rings is 1. The van der Waals surface area contributed by atoms with Crippen LogP contribution in [-0.2, 0) is 19.4 Å². The number of thiophene rings is 1. The van der Waals surface area contributed by atoms with Gasteiger partial charge in [0.05, 0.1) is 29.0 Å². The second kappa shape index (κ2) is 7.81.